The zero-order valence-corrected chi connectivity index (χ0v) is 13.4. The van der Waals surface area contributed by atoms with Crippen LogP contribution in [-0.2, 0) is 14.2 Å². The maximum absolute atomic E-state index is 9.70. The molecule has 0 radical (unpaired) electrons. The smallest absolute Gasteiger partial charge is 0.101 e. The molecule has 0 aromatic carbocycles. The Hall–Kier alpha value is -0.680. The number of hydrogen-bond acceptors (Lipinski definition) is 4. The number of rotatable bonds is 12. The number of aliphatic hydroxyl groups is 1. The van der Waals surface area contributed by atoms with Crippen LogP contribution in [0.15, 0.2) is 25.3 Å². The van der Waals surface area contributed by atoms with Crippen LogP contribution in [0.4, 0.5) is 0 Å². The van der Waals surface area contributed by atoms with Crippen molar-refractivity contribution in [3.8, 4) is 0 Å². The lowest BCUT2D eigenvalue weighted by Gasteiger charge is -2.23. The highest BCUT2D eigenvalue weighted by Gasteiger charge is 2.16. The van der Waals surface area contributed by atoms with Crippen LogP contribution in [0.3, 0.4) is 0 Å². The molecule has 0 rings (SSSR count). The van der Waals surface area contributed by atoms with Crippen molar-refractivity contribution in [2.45, 2.75) is 51.4 Å². The fourth-order valence-electron chi connectivity index (χ4n) is 1.19. The molecule has 0 spiro atoms. The Bertz CT molecular complexity index is 284. The van der Waals surface area contributed by atoms with Gasteiger partial charge in [-0.1, -0.05) is 12.2 Å². The molecule has 0 bridgehead atoms. The summed E-state index contributed by atoms with van der Waals surface area (Å²) in [4.78, 5) is 0. The Morgan fingerprint density at radius 3 is 2.05 bits per heavy atom. The second-order valence-electron chi connectivity index (χ2n) is 5.86. The molecule has 118 valence electrons. The van der Waals surface area contributed by atoms with Crippen LogP contribution in [0.25, 0.3) is 0 Å². The summed E-state index contributed by atoms with van der Waals surface area (Å²) in [5, 5.41) is 9.70. The normalized spacial score (nSPS) is 14.1. The van der Waals surface area contributed by atoms with Crippen LogP contribution in [0.2, 0.25) is 0 Å². The Labute approximate surface area is 123 Å². The summed E-state index contributed by atoms with van der Waals surface area (Å²) < 4.78 is 16.5. The minimum absolute atomic E-state index is 0.235. The molecular formula is C16H30O4. The van der Waals surface area contributed by atoms with Gasteiger partial charge in [0.1, 0.15) is 6.10 Å². The van der Waals surface area contributed by atoms with Crippen LogP contribution in [0.5, 0.6) is 0 Å². The number of hydrogen-bond donors (Lipinski definition) is 1. The van der Waals surface area contributed by atoms with Crippen molar-refractivity contribution >= 4 is 0 Å². The zero-order valence-electron chi connectivity index (χ0n) is 13.4. The number of aliphatic hydroxyl groups excluding tert-OH is 1. The summed E-state index contributed by atoms with van der Waals surface area (Å²) in [6.07, 6.45) is 3.64. The van der Waals surface area contributed by atoms with E-state index in [1.165, 1.54) is 0 Å². The molecule has 0 aliphatic heterocycles. The van der Waals surface area contributed by atoms with Gasteiger partial charge in [0.2, 0.25) is 0 Å². The largest absolute Gasteiger partial charge is 0.388 e. The lowest BCUT2D eigenvalue weighted by molar-refractivity contribution is -0.0631. The van der Waals surface area contributed by atoms with Gasteiger partial charge in [-0.3, -0.25) is 0 Å². The molecule has 0 heterocycles. The lowest BCUT2D eigenvalue weighted by Crippen LogP contribution is -2.30. The molecular weight excluding hydrogens is 256 g/mol. The summed E-state index contributed by atoms with van der Waals surface area (Å²) >= 11 is 0. The first-order valence-corrected chi connectivity index (χ1v) is 7.03. The van der Waals surface area contributed by atoms with Crippen LogP contribution < -0.4 is 0 Å². The molecule has 0 saturated carbocycles. The molecule has 1 unspecified atom stereocenters. The maximum atomic E-state index is 9.70. The van der Waals surface area contributed by atoms with Crippen molar-refractivity contribution in [2.75, 3.05) is 26.4 Å². The quantitative estimate of drug-likeness (QED) is 0.443. The molecule has 0 saturated heterocycles. The third-order valence-electron chi connectivity index (χ3n) is 2.85. The highest BCUT2D eigenvalue weighted by atomic mass is 16.5. The van der Waals surface area contributed by atoms with Gasteiger partial charge in [-0.15, -0.1) is 13.2 Å². The molecule has 4 nitrogen and oxygen atoms in total. The Kier molecular flexibility index (Phi) is 8.98. The molecule has 4 heteroatoms. The lowest BCUT2D eigenvalue weighted by atomic mass is 10.1. The molecule has 0 aromatic rings. The second kappa shape index (κ2) is 9.29. The van der Waals surface area contributed by atoms with Gasteiger partial charge in [-0.25, -0.2) is 0 Å². The highest BCUT2D eigenvalue weighted by Crippen LogP contribution is 2.11. The predicted molar refractivity (Wildman–Crippen MR) is 81.9 cm³/mol. The molecule has 1 atom stereocenters. The van der Waals surface area contributed by atoms with Gasteiger partial charge in [-0.2, -0.15) is 0 Å². The van der Waals surface area contributed by atoms with Gasteiger partial charge in [0.25, 0.3) is 0 Å². The summed E-state index contributed by atoms with van der Waals surface area (Å²) in [5.74, 6) is 0. The summed E-state index contributed by atoms with van der Waals surface area (Å²) in [5.41, 5.74) is -0.727. The molecule has 0 aliphatic carbocycles. The SMILES string of the molecule is C=CC(C)(C)OCCCOCC(O)COC(C)(C)C=C. The first-order chi connectivity index (χ1) is 9.22. The summed E-state index contributed by atoms with van der Waals surface area (Å²) in [6, 6.07) is 0. The fraction of sp³-hybridized carbons (Fsp3) is 0.750. The predicted octanol–water partition coefficient (Wildman–Crippen LogP) is 2.72. The minimum Gasteiger partial charge on any atom is -0.388 e. The van der Waals surface area contributed by atoms with Crippen LogP contribution in [-0.4, -0.2) is 48.8 Å². The van der Waals surface area contributed by atoms with Crippen LogP contribution in [0, 0.1) is 0 Å². The second-order valence-corrected chi connectivity index (χ2v) is 5.86. The van der Waals surface area contributed by atoms with E-state index in [1.807, 2.05) is 27.7 Å². The number of ether oxygens (including phenoxy) is 3. The summed E-state index contributed by atoms with van der Waals surface area (Å²) in [6.45, 7) is 16.7. The minimum atomic E-state index is -0.625. The van der Waals surface area contributed by atoms with Gasteiger partial charge in [0.05, 0.1) is 24.4 Å². The van der Waals surface area contributed by atoms with E-state index in [0.29, 0.717) is 13.2 Å². The monoisotopic (exact) mass is 286 g/mol. The van der Waals surface area contributed by atoms with Crippen molar-refractivity contribution in [3.05, 3.63) is 25.3 Å². The average Bonchev–Trinajstić information content (AvgIpc) is 2.40. The topological polar surface area (TPSA) is 47.9 Å². The van der Waals surface area contributed by atoms with E-state index in [2.05, 4.69) is 13.2 Å². The van der Waals surface area contributed by atoms with Gasteiger partial charge in [0, 0.05) is 13.2 Å². The Morgan fingerprint density at radius 1 is 0.950 bits per heavy atom. The van der Waals surface area contributed by atoms with Crippen LogP contribution >= 0.6 is 0 Å². The van der Waals surface area contributed by atoms with Gasteiger partial charge in [-0.05, 0) is 34.1 Å². The van der Waals surface area contributed by atoms with Gasteiger partial charge < -0.3 is 19.3 Å². The third kappa shape index (κ3) is 10.1. The van der Waals surface area contributed by atoms with Crippen molar-refractivity contribution in [1.82, 2.24) is 0 Å². The first kappa shape index (κ1) is 19.3. The maximum Gasteiger partial charge on any atom is 0.101 e. The van der Waals surface area contributed by atoms with E-state index in [9.17, 15) is 5.11 Å². The van der Waals surface area contributed by atoms with Gasteiger partial charge >= 0.3 is 0 Å². The van der Waals surface area contributed by atoms with Crippen molar-refractivity contribution in [3.63, 3.8) is 0 Å². The van der Waals surface area contributed by atoms with E-state index in [1.54, 1.807) is 12.2 Å². The van der Waals surface area contributed by atoms with Crippen molar-refractivity contribution < 1.29 is 19.3 Å². The molecule has 0 fully saturated rings. The molecule has 20 heavy (non-hydrogen) atoms. The fourth-order valence-corrected chi connectivity index (χ4v) is 1.19. The zero-order chi connectivity index (χ0) is 15.6. The van der Waals surface area contributed by atoms with Crippen molar-refractivity contribution in [1.29, 1.82) is 0 Å². The molecule has 0 aromatic heterocycles. The van der Waals surface area contributed by atoms with E-state index in [0.717, 1.165) is 6.42 Å². The standard InChI is InChI=1S/C16H30O4/c1-7-15(3,4)19-11-9-10-18-12-14(17)13-20-16(5,6)8-2/h7-8,14,17H,1-2,9-13H2,3-6H3. The third-order valence-corrected chi connectivity index (χ3v) is 2.85. The Morgan fingerprint density at radius 2 is 1.50 bits per heavy atom. The Balaban J connectivity index is 3.56. The summed E-state index contributed by atoms with van der Waals surface area (Å²) in [7, 11) is 0. The highest BCUT2D eigenvalue weighted by molar-refractivity contribution is 4.89. The van der Waals surface area contributed by atoms with E-state index in [-0.39, 0.29) is 18.8 Å². The van der Waals surface area contributed by atoms with E-state index < -0.39 is 11.7 Å². The van der Waals surface area contributed by atoms with E-state index >= 15 is 0 Å². The molecule has 0 aliphatic rings. The molecule has 0 amide bonds. The van der Waals surface area contributed by atoms with Gasteiger partial charge in [0.15, 0.2) is 0 Å². The van der Waals surface area contributed by atoms with Crippen molar-refractivity contribution in [2.24, 2.45) is 0 Å². The molecule has 1 N–H and O–H groups in total. The van der Waals surface area contributed by atoms with E-state index in [4.69, 9.17) is 14.2 Å². The average molecular weight is 286 g/mol. The van der Waals surface area contributed by atoms with Crippen LogP contribution in [0.1, 0.15) is 34.1 Å². The first-order valence-electron chi connectivity index (χ1n) is 7.03.